The topological polar surface area (TPSA) is 44.5 Å². The molecular formula is C15H22BrNO2. The standard InChI is InChI=1S/C15H22BrNO2/c1-14(2,8-17)7-15(9-19-10-15)11-4-5-13(18-3)12(16)6-11/h4-6H,7-10,17H2,1-3H3. The summed E-state index contributed by atoms with van der Waals surface area (Å²) < 4.78 is 11.8. The van der Waals surface area contributed by atoms with Crippen LogP contribution in [-0.2, 0) is 10.2 Å². The van der Waals surface area contributed by atoms with E-state index >= 15 is 0 Å². The van der Waals surface area contributed by atoms with E-state index in [0.29, 0.717) is 6.54 Å². The summed E-state index contributed by atoms with van der Waals surface area (Å²) in [5, 5.41) is 0. The monoisotopic (exact) mass is 327 g/mol. The van der Waals surface area contributed by atoms with Crippen LogP contribution in [-0.4, -0.2) is 26.9 Å². The van der Waals surface area contributed by atoms with Crippen molar-refractivity contribution in [1.29, 1.82) is 0 Å². The number of ether oxygens (including phenoxy) is 2. The Morgan fingerprint density at radius 2 is 2.11 bits per heavy atom. The Morgan fingerprint density at radius 1 is 1.42 bits per heavy atom. The van der Waals surface area contributed by atoms with Gasteiger partial charge in [0.1, 0.15) is 5.75 Å². The van der Waals surface area contributed by atoms with Gasteiger partial charge >= 0.3 is 0 Å². The van der Waals surface area contributed by atoms with Crippen molar-refractivity contribution in [2.45, 2.75) is 25.7 Å². The maximum atomic E-state index is 5.88. The minimum atomic E-state index is 0.0949. The minimum Gasteiger partial charge on any atom is -0.496 e. The molecule has 1 aliphatic rings. The van der Waals surface area contributed by atoms with Gasteiger partial charge in [-0.15, -0.1) is 0 Å². The van der Waals surface area contributed by atoms with Gasteiger partial charge in [-0.1, -0.05) is 19.9 Å². The molecule has 0 aliphatic carbocycles. The molecule has 106 valence electrons. The fourth-order valence-corrected chi connectivity index (χ4v) is 3.24. The third kappa shape index (κ3) is 2.96. The van der Waals surface area contributed by atoms with Crippen LogP contribution < -0.4 is 10.5 Å². The molecule has 0 spiro atoms. The molecular weight excluding hydrogens is 306 g/mol. The SMILES string of the molecule is COc1ccc(C2(CC(C)(C)CN)COC2)cc1Br. The molecule has 0 atom stereocenters. The van der Waals surface area contributed by atoms with E-state index in [1.165, 1.54) is 5.56 Å². The van der Waals surface area contributed by atoms with Gasteiger partial charge in [-0.3, -0.25) is 0 Å². The van der Waals surface area contributed by atoms with Gasteiger partial charge in [0.15, 0.2) is 0 Å². The Kier molecular flexibility index (Phi) is 4.23. The number of hydrogen-bond acceptors (Lipinski definition) is 3. The summed E-state index contributed by atoms with van der Waals surface area (Å²) in [4.78, 5) is 0. The zero-order valence-electron chi connectivity index (χ0n) is 11.8. The van der Waals surface area contributed by atoms with Crippen LogP contribution in [0.3, 0.4) is 0 Å². The van der Waals surface area contributed by atoms with Crippen LogP contribution in [0, 0.1) is 5.41 Å². The number of methoxy groups -OCH3 is 1. The third-order valence-corrected chi connectivity index (χ3v) is 4.51. The van der Waals surface area contributed by atoms with Crippen LogP contribution in [0.25, 0.3) is 0 Å². The lowest BCUT2D eigenvalue weighted by Crippen LogP contribution is -2.50. The van der Waals surface area contributed by atoms with Gasteiger partial charge in [0, 0.05) is 5.41 Å². The van der Waals surface area contributed by atoms with Gasteiger partial charge in [0.2, 0.25) is 0 Å². The maximum absolute atomic E-state index is 5.88. The number of hydrogen-bond donors (Lipinski definition) is 1. The van der Waals surface area contributed by atoms with Crippen molar-refractivity contribution in [3.63, 3.8) is 0 Å². The van der Waals surface area contributed by atoms with Gasteiger partial charge in [0.05, 0.1) is 24.8 Å². The van der Waals surface area contributed by atoms with Crippen molar-refractivity contribution in [3.8, 4) is 5.75 Å². The van der Waals surface area contributed by atoms with Gasteiger partial charge in [-0.2, -0.15) is 0 Å². The molecule has 0 bridgehead atoms. The first kappa shape index (κ1) is 14.8. The summed E-state index contributed by atoms with van der Waals surface area (Å²) in [5.41, 5.74) is 7.39. The molecule has 1 aliphatic heterocycles. The molecule has 0 amide bonds. The maximum Gasteiger partial charge on any atom is 0.133 e. The number of halogens is 1. The molecule has 19 heavy (non-hydrogen) atoms. The molecule has 1 aromatic carbocycles. The van der Waals surface area contributed by atoms with Crippen LogP contribution in [0.4, 0.5) is 0 Å². The predicted octanol–water partition coefficient (Wildman–Crippen LogP) is 3.10. The second kappa shape index (κ2) is 5.43. The molecule has 0 radical (unpaired) electrons. The predicted molar refractivity (Wildman–Crippen MR) is 80.6 cm³/mol. The van der Waals surface area contributed by atoms with E-state index in [1.54, 1.807) is 7.11 Å². The van der Waals surface area contributed by atoms with E-state index < -0.39 is 0 Å². The molecule has 1 fully saturated rings. The average Bonchev–Trinajstić information content (AvgIpc) is 2.34. The van der Waals surface area contributed by atoms with Crippen molar-refractivity contribution >= 4 is 15.9 Å². The fourth-order valence-electron chi connectivity index (χ4n) is 2.70. The lowest BCUT2D eigenvalue weighted by atomic mass is 9.68. The van der Waals surface area contributed by atoms with Gasteiger partial charge in [-0.05, 0) is 52.0 Å². The highest BCUT2D eigenvalue weighted by Gasteiger charge is 2.44. The number of nitrogens with two attached hydrogens (primary N) is 1. The third-order valence-electron chi connectivity index (χ3n) is 3.89. The van der Waals surface area contributed by atoms with Gasteiger partial charge in [-0.25, -0.2) is 0 Å². The largest absolute Gasteiger partial charge is 0.496 e. The average molecular weight is 328 g/mol. The lowest BCUT2D eigenvalue weighted by Gasteiger charge is -2.46. The molecule has 0 saturated carbocycles. The molecule has 4 heteroatoms. The first-order chi connectivity index (χ1) is 8.92. The summed E-state index contributed by atoms with van der Waals surface area (Å²) in [5.74, 6) is 0.859. The Balaban J connectivity index is 2.29. The molecule has 3 nitrogen and oxygen atoms in total. The Morgan fingerprint density at radius 3 is 2.53 bits per heavy atom. The molecule has 0 unspecified atom stereocenters. The first-order valence-electron chi connectivity index (χ1n) is 6.54. The van der Waals surface area contributed by atoms with Gasteiger partial charge < -0.3 is 15.2 Å². The zero-order valence-corrected chi connectivity index (χ0v) is 13.4. The van der Waals surface area contributed by atoms with E-state index in [2.05, 4.69) is 41.9 Å². The quantitative estimate of drug-likeness (QED) is 0.903. The highest BCUT2D eigenvalue weighted by Crippen LogP contribution is 2.43. The zero-order chi connectivity index (χ0) is 14.1. The summed E-state index contributed by atoms with van der Waals surface area (Å²) in [7, 11) is 1.68. The normalized spacial score (nSPS) is 17.9. The summed E-state index contributed by atoms with van der Waals surface area (Å²) in [6, 6.07) is 6.29. The molecule has 1 aromatic rings. The molecule has 2 rings (SSSR count). The van der Waals surface area contributed by atoms with E-state index in [0.717, 1.165) is 29.9 Å². The van der Waals surface area contributed by atoms with E-state index in [1.807, 2.05) is 6.07 Å². The highest BCUT2D eigenvalue weighted by atomic mass is 79.9. The lowest BCUT2D eigenvalue weighted by molar-refractivity contribution is -0.0786. The van der Waals surface area contributed by atoms with Gasteiger partial charge in [0.25, 0.3) is 0 Å². The summed E-state index contributed by atoms with van der Waals surface area (Å²) in [6.07, 6.45) is 1.04. The van der Waals surface area contributed by atoms with Crippen molar-refractivity contribution < 1.29 is 9.47 Å². The van der Waals surface area contributed by atoms with E-state index in [-0.39, 0.29) is 10.8 Å². The van der Waals surface area contributed by atoms with Crippen molar-refractivity contribution in [1.82, 2.24) is 0 Å². The first-order valence-corrected chi connectivity index (χ1v) is 7.34. The smallest absolute Gasteiger partial charge is 0.133 e. The number of rotatable bonds is 5. The van der Waals surface area contributed by atoms with Crippen molar-refractivity contribution in [2.75, 3.05) is 26.9 Å². The highest BCUT2D eigenvalue weighted by molar-refractivity contribution is 9.10. The number of benzene rings is 1. The van der Waals surface area contributed by atoms with E-state index in [9.17, 15) is 0 Å². The minimum absolute atomic E-state index is 0.0949. The summed E-state index contributed by atoms with van der Waals surface area (Å²) >= 11 is 3.56. The second-order valence-electron chi connectivity index (χ2n) is 6.17. The van der Waals surface area contributed by atoms with Crippen molar-refractivity contribution in [3.05, 3.63) is 28.2 Å². The molecule has 0 aromatic heterocycles. The summed E-state index contributed by atoms with van der Waals surface area (Å²) in [6.45, 7) is 6.66. The Labute approximate surface area is 123 Å². The van der Waals surface area contributed by atoms with Crippen LogP contribution in [0.5, 0.6) is 5.75 Å². The second-order valence-corrected chi connectivity index (χ2v) is 7.02. The fraction of sp³-hybridized carbons (Fsp3) is 0.600. The van der Waals surface area contributed by atoms with Crippen LogP contribution >= 0.6 is 15.9 Å². The van der Waals surface area contributed by atoms with Crippen LogP contribution in [0.1, 0.15) is 25.8 Å². The molecule has 1 saturated heterocycles. The van der Waals surface area contributed by atoms with Crippen molar-refractivity contribution in [2.24, 2.45) is 11.1 Å². The van der Waals surface area contributed by atoms with E-state index in [4.69, 9.17) is 15.2 Å². The Bertz CT molecular complexity index is 455. The molecule has 2 N–H and O–H groups in total. The van der Waals surface area contributed by atoms with Crippen LogP contribution in [0.15, 0.2) is 22.7 Å². The molecule has 1 heterocycles. The van der Waals surface area contributed by atoms with Crippen LogP contribution in [0.2, 0.25) is 0 Å². The Hall–Kier alpha value is -0.580.